The van der Waals surface area contributed by atoms with Gasteiger partial charge in [-0.2, -0.15) is 0 Å². The molecular weight excluding hydrogens is 231 g/mol. The number of halogens is 1. The quantitative estimate of drug-likeness (QED) is 0.828. The van der Waals surface area contributed by atoms with Crippen LogP contribution in [0.25, 0.3) is 0 Å². The van der Waals surface area contributed by atoms with E-state index in [1.807, 2.05) is 0 Å². The van der Waals surface area contributed by atoms with E-state index in [4.69, 9.17) is 0 Å². The van der Waals surface area contributed by atoms with Crippen molar-refractivity contribution in [1.82, 2.24) is 0 Å². The van der Waals surface area contributed by atoms with Gasteiger partial charge < -0.3 is 9.90 Å². The van der Waals surface area contributed by atoms with Crippen LogP contribution in [0, 0.1) is 12.7 Å². The van der Waals surface area contributed by atoms with E-state index in [9.17, 15) is 14.3 Å². The largest absolute Gasteiger partial charge is 0.545 e. The Hall–Kier alpha value is -2.16. The Labute approximate surface area is 105 Å². The molecule has 0 aliphatic heterocycles. The highest BCUT2D eigenvalue weighted by Crippen LogP contribution is 2.16. The van der Waals surface area contributed by atoms with Crippen LogP contribution in [0.2, 0.25) is 0 Å². The standard InChI is InChI=1S/C15H13FO2/c1-10-6-7-11(9-14(10)16)8-12-4-2-3-5-13(12)15(17)18/h2-7,9H,8H2,1H3,(H,17,18)/p-1. The summed E-state index contributed by atoms with van der Waals surface area (Å²) >= 11 is 0. The highest BCUT2D eigenvalue weighted by molar-refractivity contribution is 5.87. The molecule has 2 nitrogen and oxygen atoms in total. The Balaban J connectivity index is 2.34. The number of hydrogen-bond donors (Lipinski definition) is 0. The van der Waals surface area contributed by atoms with E-state index in [0.29, 0.717) is 17.5 Å². The van der Waals surface area contributed by atoms with Gasteiger partial charge >= 0.3 is 0 Å². The number of aromatic carboxylic acids is 1. The first-order chi connectivity index (χ1) is 8.58. The van der Waals surface area contributed by atoms with E-state index in [0.717, 1.165) is 5.56 Å². The molecule has 92 valence electrons. The molecule has 0 N–H and O–H groups in total. The van der Waals surface area contributed by atoms with Crippen molar-refractivity contribution in [3.63, 3.8) is 0 Å². The van der Waals surface area contributed by atoms with Crippen LogP contribution in [0.3, 0.4) is 0 Å². The van der Waals surface area contributed by atoms with Crippen LogP contribution in [-0.2, 0) is 6.42 Å². The lowest BCUT2D eigenvalue weighted by Crippen LogP contribution is -2.23. The van der Waals surface area contributed by atoms with Crippen LogP contribution < -0.4 is 5.11 Å². The molecule has 0 atom stereocenters. The fraction of sp³-hybridized carbons (Fsp3) is 0.133. The highest BCUT2D eigenvalue weighted by atomic mass is 19.1. The summed E-state index contributed by atoms with van der Waals surface area (Å²) in [6, 6.07) is 11.5. The molecule has 0 saturated carbocycles. The zero-order valence-corrected chi connectivity index (χ0v) is 9.94. The molecule has 2 rings (SSSR count). The molecule has 0 aliphatic carbocycles. The summed E-state index contributed by atoms with van der Waals surface area (Å²) in [5.41, 5.74) is 2.10. The summed E-state index contributed by atoms with van der Waals surface area (Å²) in [7, 11) is 0. The number of carboxylic acid groups (broad SMARTS) is 1. The van der Waals surface area contributed by atoms with Gasteiger partial charge in [0.25, 0.3) is 0 Å². The van der Waals surface area contributed by atoms with Crippen LogP contribution in [-0.4, -0.2) is 5.97 Å². The maximum Gasteiger partial charge on any atom is 0.126 e. The SMILES string of the molecule is Cc1ccc(Cc2ccccc2C(=O)[O-])cc1F. The van der Waals surface area contributed by atoms with Crippen LogP contribution in [0.15, 0.2) is 42.5 Å². The van der Waals surface area contributed by atoms with Crippen molar-refractivity contribution < 1.29 is 14.3 Å². The summed E-state index contributed by atoms with van der Waals surface area (Å²) in [6.07, 6.45) is 0.376. The third-order valence-corrected chi connectivity index (χ3v) is 2.87. The topological polar surface area (TPSA) is 40.1 Å². The van der Waals surface area contributed by atoms with Crippen molar-refractivity contribution >= 4 is 5.97 Å². The first kappa shape index (κ1) is 12.3. The van der Waals surface area contributed by atoms with Crippen molar-refractivity contribution in [2.24, 2.45) is 0 Å². The van der Waals surface area contributed by atoms with Gasteiger partial charge in [0.05, 0.1) is 5.97 Å². The van der Waals surface area contributed by atoms with E-state index >= 15 is 0 Å². The molecule has 0 amide bonds. The fourth-order valence-corrected chi connectivity index (χ4v) is 1.84. The van der Waals surface area contributed by atoms with E-state index in [1.54, 1.807) is 37.3 Å². The fourth-order valence-electron chi connectivity index (χ4n) is 1.84. The normalized spacial score (nSPS) is 10.3. The summed E-state index contributed by atoms with van der Waals surface area (Å²) in [4.78, 5) is 10.9. The maximum absolute atomic E-state index is 13.4. The number of rotatable bonds is 3. The lowest BCUT2D eigenvalue weighted by molar-refractivity contribution is -0.255. The molecule has 0 spiro atoms. The second-order valence-electron chi connectivity index (χ2n) is 4.20. The molecule has 18 heavy (non-hydrogen) atoms. The van der Waals surface area contributed by atoms with E-state index in [2.05, 4.69) is 0 Å². The number of benzene rings is 2. The smallest absolute Gasteiger partial charge is 0.126 e. The number of aryl methyl sites for hydroxylation is 1. The Morgan fingerprint density at radius 2 is 1.94 bits per heavy atom. The van der Waals surface area contributed by atoms with Gasteiger partial charge in [0, 0.05) is 5.56 Å². The molecule has 0 saturated heterocycles. The zero-order chi connectivity index (χ0) is 13.1. The maximum atomic E-state index is 13.4. The van der Waals surface area contributed by atoms with Gasteiger partial charge in [0.15, 0.2) is 0 Å². The molecule has 0 bridgehead atoms. The minimum atomic E-state index is -1.21. The van der Waals surface area contributed by atoms with Crippen molar-refractivity contribution in [1.29, 1.82) is 0 Å². The van der Waals surface area contributed by atoms with Gasteiger partial charge in [-0.25, -0.2) is 4.39 Å². The van der Waals surface area contributed by atoms with Gasteiger partial charge in [-0.15, -0.1) is 0 Å². The lowest BCUT2D eigenvalue weighted by atomic mass is 9.99. The van der Waals surface area contributed by atoms with E-state index in [-0.39, 0.29) is 11.4 Å². The van der Waals surface area contributed by atoms with E-state index < -0.39 is 5.97 Å². The summed E-state index contributed by atoms with van der Waals surface area (Å²) < 4.78 is 13.4. The minimum Gasteiger partial charge on any atom is -0.545 e. The van der Waals surface area contributed by atoms with Gasteiger partial charge in [0.2, 0.25) is 0 Å². The average Bonchev–Trinajstić information content (AvgIpc) is 2.34. The molecule has 0 aromatic heterocycles. The first-order valence-electron chi connectivity index (χ1n) is 5.62. The zero-order valence-electron chi connectivity index (χ0n) is 9.94. The lowest BCUT2D eigenvalue weighted by Gasteiger charge is -2.10. The van der Waals surface area contributed by atoms with E-state index in [1.165, 1.54) is 12.1 Å². The van der Waals surface area contributed by atoms with Crippen molar-refractivity contribution in [3.8, 4) is 0 Å². The Bertz CT molecular complexity index is 591. The monoisotopic (exact) mass is 243 g/mol. The van der Waals surface area contributed by atoms with Gasteiger partial charge in [-0.05, 0) is 36.1 Å². The number of hydrogen-bond acceptors (Lipinski definition) is 2. The average molecular weight is 243 g/mol. The van der Waals surface area contributed by atoms with Crippen molar-refractivity contribution in [2.45, 2.75) is 13.3 Å². The number of carbonyl (C=O) groups excluding carboxylic acids is 1. The minimum absolute atomic E-state index is 0.151. The molecular formula is C15H12FO2-. The molecule has 0 unspecified atom stereocenters. The molecule has 0 fully saturated rings. The first-order valence-corrected chi connectivity index (χ1v) is 5.62. The predicted octanol–water partition coefficient (Wildman–Crippen LogP) is 2.09. The molecule has 2 aromatic rings. The Morgan fingerprint density at radius 1 is 1.22 bits per heavy atom. The third kappa shape index (κ3) is 2.56. The molecule has 3 heteroatoms. The van der Waals surface area contributed by atoms with Gasteiger partial charge in [-0.3, -0.25) is 0 Å². The van der Waals surface area contributed by atoms with Crippen LogP contribution in [0.5, 0.6) is 0 Å². The van der Waals surface area contributed by atoms with Crippen molar-refractivity contribution in [2.75, 3.05) is 0 Å². The molecule has 0 heterocycles. The molecule has 0 radical (unpaired) electrons. The molecule has 2 aromatic carbocycles. The second-order valence-corrected chi connectivity index (χ2v) is 4.20. The van der Waals surface area contributed by atoms with Gasteiger partial charge in [0.1, 0.15) is 5.82 Å². The van der Waals surface area contributed by atoms with Crippen LogP contribution in [0.4, 0.5) is 4.39 Å². The highest BCUT2D eigenvalue weighted by Gasteiger charge is 2.05. The van der Waals surface area contributed by atoms with Gasteiger partial charge in [-0.1, -0.05) is 36.4 Å². The Morgan fingerprint density at radius 3 is 2.61 bits per heavy atom. The summed E-state index contributed by atoms with van der Waals surface area (Å²) in [6.45, 7) is 1.69. The summed E-state index contributed by atoms with van der Waals surface area (Å²) in [5, 5.41) is 10.9. The number of carboxylic acids is 1. The molecule has 0 aliphatic rings. The Kier molecular flexibility index (Phi) is 3.42. The third-order valence-electron chi connectivity index (χ3n) is 2.87. The van der Waals surface area contributed by atoms with Crippen molar-refractivity contribution in [3.05, 3.63) is 70.5 Å². The van der Waals surface area contributed by atoms with Crippen LogP contribution >= 0.6 is 0 Å². The second kappa shape index (κ2) is 5.00. The number of carbonyl (C=O) groups is 1. The summed E-state index contributed by atoms with van der Waals surface area (Å²) in [5.74, 6) is -1.49. The van der Waals surface area contributed by atoms with Crippen LogP contribution in [0.1, 0.15) is 27.0 Å². The predicted molar refractivity (Wildman–Crippen MR) is 64.7 cm³/mol.